The molecule has 5 nitrogen and oxygen atoms in total. The van der Waals surface area contributed by atoms with Crippen molar-refractivity contribution in [3.05, 3.63) is 65.2 Å². The standard InChI is InChI=1S/C23H30N2O3S/c1-23(2,3)25-29(27,28)19-14-11-17(12-15-19)13-16-22(26)24-21-10-6-8-18-7-4-5-9-20(18)21/h4-5,7,9,11-12,14-15,21,25H,6,8,10,13,16H2,1-3H3,(H,24,26). The topological polar surface area (TPSA) is 75.3 Å². The van der Waals surface area contributed by atoms with E-state index in [1.54, 1.807) is 24.3 Å². The van der Waals surface area contributed by atoms with E-state index in [0.29, 0.717) is 12.8 Å². The molecule has 2 aromatic rings. The summed E-state index contributed by atoms with van der Waals surface area (Å²) >= 11 is 0. The van der Waals surface area contributed by atoms with Crippen molar-refractivity contribution in [2.75, 3.05) is 0 Å². The second-order valence-corrected chi connectivity index (χ2v) is 10.4. The highest BCUT2D eigenvalue weighted by molar-refractivity contribution is 7.89. The molecule has 0 heterocycles. The Morgan fingerprint density at radius 1 is 1.07 bits per heavy atom. The first-order valence-corrected chi connectivity index (χ1v) is 11.6. The van der Waals surface area contributed by atoms with Crippen molar-refractivity contribution in [3.8, 4) is 0 Å². The minimum absolute atomic E-state index is 0.0257. The summed E-state index contributed by atoms with van der Waals surface area (Å²) in [5, 5.41) is 3.16. The second kappa shape index (κ2) is 8.67. The van der Waals surface area contributed by atoms with Gasteiger partial charge in [0, 0.05) is 12.0 Å². The van der Waals surface area contributed by atoms with Crippen LogP contribution >= 0.6 is 0 Å². The van der Waals surface area contributed by atoms with Gasteiger partial charge >= 0.3 is 0 Å². The number of amides is 1. The van der Waals surface area contributed by atoms with Crippen molar-refractivity contribution >= 4 is 15.9 Å². The van der Waals surface area contributed by atoms with Crippen LogP contribution in [-0.4, -0.2) is 19.9 Å². The zero-order valence-corrected chi connectivity index (χ0v) is 18.2. The summed E-state index contributed by atoms with van der Waals surface area (Å²) in [7, 11) is -3.54. The monoisotopic (exact) mass is 414 g/mol. The average molecular weight is 415 g/mol. The Morgan fingerprint density at radius 2 is 1.76 bits per heavy atom. The fourth-order valence-corrected chi connectivity index (χ4v) is 5.14. The van der Waals surface area contributed by atoms with Crippen LogP contribution in [0.2, 0.25) is 0 Å². The van der Waals surface area contributed by atoms with Crippen LogP contribution in [0, 0.1) is 0 Å². The first-order chi connectivity index (χ1) is 13.6. The van der Waals surface area contributed by atoms with Crippen LogP contribution in [0.1, 0.15) is 62.8 Å². The molecule has 0 aromatic heterocycles. The van der Waals surface area contributed by atoms with Gasteiger partial charge in [-0.1, -0.05) is 36.4 Å². The summed E-state index contributed by atoms with van der Waals surface area (Å²) in [6.07, 6.45) is 4.08. The first-order valence-electron chi connectivity index (χ1n) is 10.1. The molecule has 0 saturated heterocycles. The maximum absolute atomic E-state index is 12.5. The number of nitrogens with one attached hydrogen (secondary N) is 2. The molecule has 2 N–H and O–H groups in total. The molecular formula is C23H30N2O3S. The maximum atomic E-state index is 12.5. The Bertz CT molecular complexity index is 960. The molecular weight excluding hydrogens is 384 g/mol. The molecule has 3 rings (SSSR count). The van der Waals surface area contributed by atoms with E-state index in [2.05, 4.69) is 22.2 Å². The van der Waals surface area contributed by atoms with Gasteiger partial charge in [-0.3, -0.25) is 4.79 Å². The molecule has 2 aromatic carbocycles. The van der Waals surface area contributed by atoms with Gasteiger partial charge in [0.1, 0.15) is 0 Å². The van der Waals surface area contributed by atoms with E-state index in [1.165, 1.54) is 11.1 Å². The lowest BCUT2D eigenvalue weighted by Gasteiger charge is -2.26. The molecule has 1 unspecified atom stereocenters. The highest BCUT2D eigenvalue weighted by atomic mass is 32.2. The van der Waals surface area contributed by atoms with Gasteiger partial charge in [-0.2, -0.15) is 0 Å². The van der Waals surface area contributed by atoms with E-state index in [4.69, 9.17) is 0 Å². The minimum Gasteiger partial charge on any atom is -0.349 e. The normalized spacial score (nSPS) is 16.9. The number of aryl methyl sites for hydroxylation is 2. The van der Waals surface area contributed by atoms with Crippen LogP contribution in [-0.2, 0) is 27.7 Å². The Balaban J connectivity index is 1.56. The van der Waals surface area contributed by atoms with Crippen molar-refractivity contribution in [2.24, 2.45) is 0 Å². The molecule has 0 fully saturated rings. The van der Waals surface area contributed by atoms with Crippen LogP contribution in [0.15, 0.2) is 53.4 Å². The lowest BCUT2D eigenvalue weighted by Crippen LogP contribution is -2.40. The maximum Gasteiger partial charge on any atom is 0.241 e. The van der Waals surface area contributed by atoms with Gasteiger partial charge in [0.25, 0.3) is 0 Å². The van der Waals surface area contributed by atoms with Gasteiger partial charge in [0.2, 0.25) is 15.9 Å². The molecule has 1 aliphatic carbocycles. The SMILES string of the molecule is CC(C)(C)NS(=O)(=O)c1ccc(CCC(=O)NC2CCCc3ccccc32)cc1. The highest BCUT2D eigenvalue weighted by Crippen LogP contribution is 2.29. The van der Waals surface area contributed by atoms with Gasteiger partial charge < -0.3 is 5.32 Å². The van der Waals surface area contributed by atoms with Gasteiger partial charge in [-0.25, -0.2) is 13.1 Å². The van der Waals surface area contributed by atoms with Crippen molar-refractivity contribution < 1.29 is 13.2 Å². The fraction of sp³-hybridized carbons (Fsp3) is 0.435. The third-order valence-corrected chi connectivity index (χ3v) is 6.79. The fourth-order valence-electron chi connectivity index (χ4n) is 3.73. The van der Waals surface area contributed by atoms with Crippen LogP contribution in [0.4, 0.5) is 0 Å². The largest absolute Gasteiger partial charge is 0.349 e. The average Bonchev–Trinajstić information content (AvgIpc) is 2.65. The molecule has 0 saturated carbocycles. The second-order valence-electron chi connectivity index (χ2n) is 8.71. The number of benzene rings is 2. The smallest absolute Gasteiger partial charge is 0.241 e. The molecule has 1 atom stereocenters. The third kappa shape index (κ3) is 5.90. The number of fused-ring (bicyclic) bond motifs is 1. The summed E-state index contributed by atoms with van der Waals surface area (Å²) < 4.78 is 27.4. The van der Waals surface area contributed by atoms with Crippen molar-refractivity contribution in [1.29, 1.82) is 0 Å². The van der Waals surface area contributed by atoms with Crippen LogP contribution < -0.4 is 10.0 Å². The molecule has 0 bridgehead atoms. The highest BCUT2D eigenvalue weighted by Gasteiger charge is 2.22. The van der Waals surface area contributed by atoms with E-state index >= 15 is 0 Å². The van der Waals surface area contributed by atoms with Crippen molar-refractivity contribution in [3.63, 3.8) is 0 Å². The molecule has 1 aliphatic rings. The Morgan fingerprint density at radius 3 is 2.45 bits per heavy atom. The lowest BCUT2D eigenvalue weighted by atomic mass is 9.87. The van der Waals surface area contributed by atoms with Crippen LogP contribution in [0.3, 0.4) is 0 Å². The summed E-state index contributed by atoms with van der Waals surface area (Å²) in [6, 6.07) is 15.1. The molecule has 29 heavy (non-hydrogen) atoms. The number of hydrogen-bond donors (Lipinski definition) is 2. The Labute approximate surface area is 174 Å². The van der Waals surface area contributed by atoms with Crippen molar-refractivity contribution in [2.45, 2.75) is 69.4 Å². The molecule has 0 radical (unpaired) electrons. The van der Waals surface area contributed by atoms with Gasteiger partial charge in [-0.05, 0) is 75.3 Å². The first kappa shape index (κ1) is 21.5. The van der Waals surface area contributed by atoms with E-state index < -0.39 is 15.6 Å². The minimum atomic E-state index is -3.54. The summed E-state index contributed by atoms with van der Waals surface area (Å²) in [5.74, 6) is 0.0257. The predicted octanol–water partition coefficient (Wildman–Crippen LogP) is 3.89. The zero-order chi connectivity index (χ0) is 21.1. The summed E-state index contributed by atoms with van der Waals surface area (Å²) in [4.78, 5) is 12.7. The lowest BCUT2D eigenvalue weighted by molar-refractivity contribution is -0.121. The predicted molar refractivity (Wildman–Crippen MR) is 115 cm³/mol. The third-order valence-electron chi connectivity index (χ3n) is 5.02. The number of carbonyl (C=O) groups is 1. The molecule has 0 spiro atoms. The molecule has 1 amide bonds. The number of rotatable bonds is 6. The van der Waals surface area contributed by atoms with Crippen molar-refractivity contribution in [1.82, 2.24) is 10.0 Å². The van der Waals surface area contributed by atoms with E-state index in [9.17, 15) is 13.2 Å². The van der Waals surface area contributed by atoms with Gasteiger partial charge in [0.05, 0.1) is 10.9 Å². The summed E-state index contributed by atoms with van der Waals surface area (Å²) in [6.45, 7) is 5.42. The van der Waals surface area contributed by atoms with E-state index in [1.807, 2.05) is 32.9 Å². The van der Waals surface area contributed by atoms with Crippen LogP contribution in [0.5, 0.6) is 0 Å². The number of sulfonamides is 1. The van der Waals surface area contributed by atoms with E-state index in [0.717, 1.165) is 24.8 Å². The van der Waals surface area contributed by atoms with Gasteiger partial charge in [0.15, 0.2) is 0 Å². The Hall–Kier alpha value is -2.18. The molecule has 6 heteroatoms. The van der Waals surface area contributed by atoms with Gasteiger partial charge in [-0.15, -0.1) is 0 Å². The molecule has 0 aliphatic heterocycles. The number of carbonyl (C=O) groups excluding carboxylic acids is 1. The summed E-state index contributed by atoms with van der Waals surface area (Å²) in [5.41, 5.74) is 2.96. The molecule has 156 valence electrons. The zero-order valence-electron chi connectivity index (χ0n) is 17.4. The Kier molecular flexibility index (Phi) is 6.44. The number of hydrogen-bond acceptors (Lipinski definition) is 3. The van der Waals surface area contributed by atoms with E-state index in [-0.39, 0.29) is 16.8 Å². The van der Waals surface area contributed by atoms with Crippen LogP contribution in [0.25, 0.3) is 0 Å². The quantitative estimate of drug-likeness (QED) is 0.753.